The molecule has 0 fully saturated rings. The van der Waals surface area contributed by atoms with Crippen LogP contribution in [0.15, 0.2) is 88.6 Å². The lowest BCUT2D eigenvalue weighted by Crippen LogP contribution is -2.29. The topological polar surface area (TPSA) is 72.6 Å². The molecule has 0 unspecified atom stereocenters. The molecule has 3 aromatic carbocycles. The van der Waals surface area contributed by atoms with Gasteiger partial charge in [-0.25, -0.2) is 4.98 Å². The maximum absolute atomic E-state index is 13.8. The van der Waals surface area contributed by atoms with E-state index in [0.29, 0.717) is 34.0 Å². The van der Waals surface area contributed by atoms with Gasteiger partial charge in [0, 0.05) is 0 Å². The van der Waals surface area contributed by atoms with Gasteiger partial charge in [0.1, 0.15) is 17.9 Å². The number of para-hydroxylation sites is 1. The van der Waals surface area contributed by atoms with E-state index in [0.717, 1.165) is 21.3 Å². The number of benzene rings is 3. The van der Waals surface area contributed by atoms with Gasteiger partial charge in [0.05, 0.1) is 27.2 Å². The highest BCUT2D eigenvalue weighted by molar-refractivity contribution is 7.22. The van der Waals surface area contributed by atoms with Crippen molar-refractivity contribution in [3.8, 4) is 5.75 Å². The fourth-order valence-corrected chi connectivity index (χ4v) is 5.55. The van der Waals surface area contributed by atoms with E-state index < -0.39 is 6.04 Å². The Labute approximate surface area is 204 Å². The van der Waals surface area contributed by atoms with Gasteiger partial charge >= 0.3 is 0 Å². The normalized spacial score (nSPS) is 15.1. The predicted molar refractivity (Wildman–Crippen MR) is 138 cm³/mol. The predicted octanol–water partition coefficient (Wildman–Crippen LogP) is 6.03. The third-order valence-electron chi connectivity index (χ3n) is 6.08. The number of aryl methyl sites for hydroxylation is 1. The van der Waals surface area contributed by atoms with Crippen molar-refractivity contribution >= 4 is 43.6 Å². The summed E-state index contributed by atoms with van der Waals surface area (Å²) in [4.78, 5) is 33.7. The zero-order valence-corrected chi connectivity index (χ0v) is 19.7. The number of amides is 1. The van der Waals surface area contributed by atoms with Crippen LogP contribution in [0.4, 0.5) is 5.13 Å². The molecular formula is C28H20N2O4S. The molecule has 6 nitrogen and oxygen atoms in total. The lowest BCUT2D eigenvalue weighted by Gasteiger charge is -2.22. The van der Waals surface area contributed by atoms with Crippen molar-refractivity contribution in [3.63, 3.8) is 0 Å². The molecule has 7 heteroatoms. The molecule has 1 aliphatic rings. The van der Waals surface area contributed by atoms with Crippen LogP contribution in [0.1, 0.15) is 33.3 Å². The summed E-state index contributed by atoms with van der Waals surface area (Å²) in [5, 5.41) is 0.958. The maximum atomic E-state index is 13.8. The Bertz CT molecular complexity index is 1680. The number of fused-ring (bicyclic) bond motifs is 3. The first-order valence-corrected chi connectivity index (χ1v) is 12.0. The lowest BCUT2D eigenvalue weighted by atomic mass is 9.98. The summed E-state index contributed by atoms with van der Waals surface area (Å²) in [5.74, 6) is 0.350. The molecule has 0 bridgehead atoms. The van der Waals surface area contributed by atoms with E-state index in [2.05, 4.69) is 6.58 Å². The number of anilines is 1. The van der Waals surface area contributed by atoms with Crippen LogP contribution in [-0.4, -0.2) is 17.5 Å². The van der Waals surface area contributed by atoms with Crippen LogP contribution >= 0.6 is 11.3 Å². The van der Waals surface area contributed by atoms with Crippen LogP contribution < -0.4 is 15.1 Å². The fraction of sp³-hybridized carbons (Fsp3) is 0.107. The SMILES string of the molecule is C=CCOc1ccc([C@H]2c3c(oc4ccccc4c3=O)C(=O)N2c2nc3ccc(C)cc3s2)cc1. The second-order valence-corrected chi connectivity index (χ2v) is 9.39. The van der Waals surface area contributed by atoms with Gasteiger partial charge in [-0.3, -0.25) is 14.5 Å². The lowest BCUT2D eigenvalue weighted by molar-refractivity contribution is 0.0971. The Hall–Kier alpha value is -4.23. The first kappa shape index (κ1) is 21.3. The fourth-order valence-electron chi connectivity index (χ4n) is 4.46. The Morgan fingerprint density at radius 1 is 1.11 bits per heavy atom. The summed E-state index contributed by atoms with van der Waals surface area (Å²) in [6.45, 7) is 6.07. The highest BCUT2D eigenvalue weighted by Crippen LogP contribution is 2.43. The van der Waals surface area contributed by atoms with Gasteiger partial charge in [0.2, 0.25) is 5.76 Å². The minimum Gasteiger partial charge on any atom is -0.490 e. The summed E-state index contributed by atoms with van der Waals surface area (Å²) in [6.07, 6.45) is 1.67. The van der Waals surface area contributed by atoms with Gasteiger partial charge in [-0.2, -0.15) is 0 Å². The van der Waals surface area contributed by atoms with Crippen molar-refractivity contribution in [1.82, 2.24) is 4.98 Å². The van der Waals surface area contributed by atoms with Gasteiger partial charge in [0.25, 0.3) is 5.91 Å². The number of ether oxygens (including phenoxy) is 1. The summed E-state index contributed by atoms with van der Waals surface area (Å²) < 4.78 is 12.6. The number of thiazole rings is 1. The summed E-state index contributed by atoms with van der Waals surface area (Å²) in [7, 11) is 0. The molecule has 0 saturated carbocycles. The molecule has 0 radical (unpaired) electrons. The van der Waals surface area contributed by atoms with E-state index in [1.54, 1.807) is 35.2 Å². The highest BCUT2D eigenvalue weighted by atomic mass is 32.1. The number of nitrogens with zero attached hydrogens (tertiary/aromatic N) is 2. The molecule has 6 rings (SSSR count). The molecule has 0 N–H and O–H groups in total. The van der Waals surface area contributed by atoms with E-state index in [4.69, 9.17) is 14.1 Å². The number of carbonyl (C=O) groups is 1. The zero-order chi connectivity index (χ0) is 24.1. The third kappa shape index (κ3) is 3.43. The second kappa shape index (κ2) is 8.21. The van der Waals surface area contributed by atoms with Crippen molar-refractivity contribution in [2.24, 2.45) is 0 Å². The minimum atomic E-state index is -0.673. The molecule has 5 aromatic rings. The Morgan fingerprint density at radius 2 is 1.91 bits per heavy atom. The van der Waals surface area contributed by atoms with E-state index in [9.17, 15) is 9.59 Å². The third-order valence-corrected chi connectivity index (χ3v) is 7.10. The Morgan fingerprint density at radius 3 is 2.71 bits per heavy atom. The molecule has 0 saturated heterocycles. The summed E-state index contributed by atoms with van der Waals surface area (Å²) in [5.41, 5.74) is 3.17. The zero-order valence-electron chi connectivity index (χ0n) is 18.9. The van der Waals surface area contributed by atoms with Crippen LogP contribution in [0.2, 0.25) is 0 Å². The monoisotopic (exact) mass is 480 g/mol. The molecule has 1 atom stereocenters. The molecule has 0 spiro atoms. The molecule has 1 aliphatic heterocycles. The van der Waals surface area contributed by atoms with E-state index in [-0.39, 0.29) is 17.1 Å². The number of hydrogen-bond acceptors (Lipinski definition) is 6. The van der Waals surface area contributed by atoms with Gasteiger partial charge in [-0.15, -0.1) is 0 Å². The molecule has 1 amide bonds. The van der Waals surface area contributed by atoms with Crippen molar-refractivity contribution in [1.29, 1.82) is 0 Å². The van der Waals surface area contributed by atoms with E-state index >= 15 is 0 Å². The summed E-state index contributed by atoms with van der Waals surface area (Å²) in [6, 6.07) is 19.7. The van der Waals surface area contributed by atoms with E-state index in [1.807, 2.05) is 49.4 Å². The molecule has 3 heterocycles. The van der Waals surface area contributed by atoms with Crippen LogP contribution in [0.3, 0.4) is 0 Å². The molecule has 172 valence electrons. The first-order valence-electron chi connectivity index (χ1n) is 11.2. The standard InChI is InChI=1S/C28H20N2O4S/c1-3-14-33-18-11-9-17(10-12-18)24-23-25(31)19-6-4-5-7-21(19)34-26(23)27(32)30(24)28-29-20-13-8-16(2)15-22(20)35-28/h3-13,15,24H,1,14H2,2H3/t24-/m0/s1. The Kier molecular flexibility index (Phi) is 5.00. The maximum Gasteiger partial charge on any atom is 0.297 e. The molecular weight excluding hydrogens is 460 g/mol. The quantitative estimate of drug-likeness (QED) is 0.287. The molecule has 35 heavy (non-hydrogen) atoms. The number of carbonyl (C=O) groups excluding carboxylic acids is 1. The van der Waals surface area contributed by atoms with Crippen LogP contribution in [-0.2, 0) is 0 Å². The van der Waals surface area contributed by atoms with Gasteiger partial charge in [-0.05, 0) is 54.4 Å². The largest absolute Gasteiger partial charge is 0.490 e. The number of rotatable bonds is 5. The van der Waals surface area contributed by atoms with Gasteiger partial charge < -0.3 is 9.15 Å². The second-order valence-electron chi connectivity index (χ2n) is 8.38. The van der Waals surface area contributed by atoms with Gasteiger partial charge in [-0.1, -0.05) is 54.3 Å². The van der Waals surface area contributed by atoms with Crippen molar-refractivity contribution < 1.29 is 13.9 Å². The van der Waals surface area contributed by atoms with Crippen LogP contribution in [0.25, 0.3) is 21.2 Å². The average Bonchev–Trinajstić information content (AvgIpc) is 3.41. The summed E-state index contributed by atoms with van der Waals surface area (Å²) >= 11 is 1.42. The van der Waals surface area contributed by atoms with Crippen molar-refractivity contribution in [2.75, 3.05) is 11.5 Å². The number of hydrogen-bond donors (Lipinski definition) is 0. The van der Waals surface area contributed by atoms with Crippen LogP contribution in [0, 0.1) is 6.92 Å². The minimum absolute atomic E-state index is 0.0566. The highest BCUT2D eigenvalue weighted by Gasteiger charge is 2.45. The number of aromatic nitrogens is 1. The first-order chi connectivity index (χ1) is 17.0. The smallest absolute Gasteiger partial charge is 0.297 e. The van der Waals surface area contributed by atoms with Crippen molar-refractivity contribution in [3.05, 3.63) is 112 Å². The van der Waals surface area contributed by atoms with Crippen molar-refractivity contribution in [2.45, 2.75) is 13.0 Å². The van der Waals surface area contributed by atoms with Crippen LogP contribution in [0.5, 0.6) is 5.75 Å². The van der Waals surface area contributed by atoms with Gasteiger partial charge in [0.15, 0.2) is 10.6 Å². The Balaban J connectivity index is 1.56. The van der Waals surface area contributed by atoms with E-state index in [1.165, 1.54) is 11.3 Å². The average molecular weight is 481 g/mol. The molecule has 0 aliphatic carbocycles. The molecule has 2 aromatic heterocycles.